The second kappa shape index (κ2) is 5.02. The number of hydrogen-bond donors (Lipinski definition) is 1. The van der Waals surface area contributed by atoms with Crippen molar-refractivity contribution >= 4 is 11.8 Å². The Balaban J connectivity index is 1.84. The van der Waals surface area contributed by atoms with Gasteiger partial charge in [0.15, 0.2) is 0 Å². The van der Waals surface area contributed by atoms with Gasteiger partial charge in [-0.3, -0.25) is 9.59 Å². The summed E-state index contributed by atoms with van der Waals surface area (Å²) in [5, 5.41) is 2.87. The lowest BCUT2D eigenvalue weighted by Gasteiger charge is -2.40. The van der Waals surface area contributed by atoms with Crippen LogP contribution in [0.4, 0.5) is 0 Å². The molecule has 0 spiro atoms. The number of hydrogen-bond acceptors (Lipinski definition) is 4. The molecular formula is C15H19N3O3. The van der Waals surface area contributed by atoms with Crippen molar-refractivity contribution in [2.45, 2.75) is 31.8 Å². The van der Waals surface area contributed by atoms with Crippen LogP contribution in [0.3, 0.4) is 0 Å². The Kier molecular flexibility index (Phi) is 3.31. The molecule has 0 aromatic carbocycles. The molecule has 6 nitrogen and oxygen atoms in total. The van der Waals surface area contributed by atoms with E-state index in [-0.39, 0.29) is 24.3 Å². The molecule has 112 valence electrons. The molecule has 0 bridgehead atoms. The third kappa shape index (κ3) is 2.46. The summed E-state index contributed by atoms with van der Waals surface area (Å²) in [6.07, 6.45) is 3.63. The summed E-state index contributed by atoms with van der Waals surface area (Å²) in [5.74, 6) is 0.624. The van der Waals surface area contributed by atoms with Gasteiger partial charge in [-0.05, 0) is 31.7 Å². The number of ether oxygens (including phenoxy) is 1. The summed E-state index contributed by atoms with van der Waals surface area (Å²) in [4.78, 5) is 30.4. The summed E-state index contributed by atoms with van der Waals surface area (Å²) >= 11 is 0. The van der Waals surface area contributed by atoms with Crippen LogP contribution in [-0.4, -0.2) is 40.9 Å². The van der Waals surface area contributed by atoms with E-state index < -0.39 is 5.54 Å². The molecule has 2 amide bonds. The first-order valence-corrected chi connectivity index (χ1v) is 7.13. The molecule has 3 rings (SSSR count). The highest BCUT2D eigenvalue weighted by molar-refractivity contribution is 5.98. The standard InChI is InChI=1S/C15H19N3O3/c1-15(11-5-6-11)14(20)18(9-12(19)17-15)8-10-4-3-7-16-13(10)21-2/h3-4,7,11H,5-6,8-9H2,1-2H3,(H,17,19). The Labute approximate surface area is 123 Å². The van der Waals surface area contributed by atoms with Crippen LogP contribution in [0.2, 0.25) is 0 Å². The predicted octanol–water partition coefficient (Wildman–Crippen LogP) is 0.717. The largest absolute Gasteiger partial charge is 0.481 e. The molecule has 0 radical (unpaired) electrons. The lowest BCUT2D eigenvalue weighted by Crippen LogP contribution is -2.66. The first-order chi connectivity index (χ1) is 10.0. The molecule has 6 heteroatoms. The molecular weight excluding hydrogens is 270 g/mol. The number of piperazine rings is 1. The van der Waals surface area contributed by atoms with Crippen LogP contribution >= 0.6 is 0 Å². The number of nitrogens with one attached hydrogen (secondary N) is 1. The van der Waals surface area contributed by atoms with Gasteiger partial charge in [0.05, 0.1) is 20.2 Å². The monoisotopic (exact) mass is 289 g/mol. The molecule has 1 aromatic heterocycles. The van der Waals surface area contributed by atoms with Gasteiger partial charge in [-0.1, -0.05) is 6.07 Å². The number of carbonyl (C=O) groups is 2. The van der Waals surface area contributed by atoms with Crippen LogP contribution in [0.5, 0.6) is 5.88 Å². The van der Waals surface area contributed by atoms with E-state index in [0.29, 0.717) is 12.4 Å². The molecule has 1 aromatic rings. The van der Waals surface area contributed by atoms with Crippen LogP contribution in [0.15, 0.2) is 18.3 Å². The summed E-state index contributed by atoms with van der Waals surface area (Å²) in [6.45, 7) is 2.25. The highest BCUT2D eigenvalue weighted by Gasteiger charge is 2.52. The van der Waals surface area contributed by atoms with Crippen LogP contribution in [0.25, 0.3) is 0 Å². The topological polar surface area (TPSA) is 71.5 Å². The van der Waals surface area contributed by atoms with Gasteiger partial charge < -0.3 is 15.0 Å². The maximum absolute atomic E-state index is 12.7. The van der Waals surface area contributed by atoms with E-state index in [1.807, 2.05) is 13.0 Å². The van der Waals surface area contributed by atoms with Gasteiger partial charge >= 0.3 is 0 Å². The first-order valence-electron chi connectivity index (χ1n) is 7.13. The lowest BCUT2D eigenvalue weighted by molar-refractivity contribution is -0.150. The van der Waals surface area contributed by atoms with Gasteiger partial charge in [-0.25, -0.2) is 4.98 Å². The molecule has 1 saturated heterocycles. The molecule has 2 aliphatic rings. The molecule has 2 fully saturated rings. The quantitative estimate of drug-likeness (QED) is 0.886. The fourth-order valence-electron chi connectivity index (χ4n) is 2.96. The Bertz CT molecular complexity index is 585. The minimum atomic E-state index is -0.759. The molecule has 2 heterocycles. The third-order valence-electron chi connectivity index (χ3n) is 4.26. The molecule has 1 unspecified atom stereocenters. The van der Waals surface area contributed by atoms with Crippen LogP contribution < -0.4 is 10.1 Å². The Hall–Kier alpha value is -2.11. The third-order valence-corrected chi connectivity index (χ3v) is 4.26. The summed E-state index contributed by atoms with van der Waals surface area (Å²) in [6, 6.07) is 3.66. The number of amides is 2. The summed E-state index contributed by atoms with van der Waals surface area (Å²) in [5.41, 5.74) is 0.0475. The zero-order valence-corrected chi connectivity index (χ0v) is 12.3. The average Bonchev–Trinajstić information content (AvgIpc) is 3.30. The summed E-state index contributed by atoms with van der Waals surface area (Å²) < 4.78 is 5.21. The summed E-state index contributed by atoms with van der Waals surface area (Å²) in [7, 11) is 1.55. The number of aromatic nitrogens is 1. The fraction of sp³-hybridized carbons (Fsp3) is 0.533. The fourth-order valence-corrected chi connectivity index (χ4v) is 2.96. The zero-order valence-electron chi connectivity index (χ0n) is 12.3. The maximum Gasteiger partial charge on any atom is 0.249 e. The lowest BCUT2D eigenvalue weighted by atomic mass is 9.91. The van der Waals surface area contributed by atoms with Gasteiger partial charge in [0.25, 0.3) is 0 Å². The van der Waals surface area contributed by atoms with E-state index in [2.05, 4.69) is 10.3 Å². The van der Waals surface area contributed by atoms with Crippen molar-refractivity contribution in [3.8, 4) is 5.88 Å². The zero-order chi connectivity index (χ0) is 15.0. The Morgan fingerprint density at radius 3 is 2.90 bits per heavy atom. The van der Waals surface area contributed by atoms with E-state index in [0.717, 1.165) is 18.4 Å². The van der Waals surface area contributed by atoms with Gasteiger partial charge in [-0.2, -0.15) is 0 Å². The van der Waals surface area contributed by atoms with E-state index in [9.17, 15) is 9.59 Å². The smallest absolute Gasteiger partial charge is 0.249 e. The highest BCUT2D eigenvalue weighted by atomic mass is 16.5. The molecule has 1 saturated carbocycles. The maximum atomic E-state index is 12.7. The van der Waals surface area contributed by atoms with Crippen molar-refractivity contribution in [2.75, 3.05) is 13.7 Å². The number of nitrogens with zero attached hydrogens (tertiary/aromatic N) is 2. The second-order valence-corrected chi connectivity index (χ2v) is 5.86. The van der Waals surface area contributed by atoms with Crippen molar-refractivity contribution in [2.24, 2.45) is 5.92 Å². The van der Waals surface area contributed by atoms with E-state index >= 15 is 0 Å². The number of pyridine rings is 1. The van der Waals surface area contributed by atoms with Crippen LogP contribution in [0.1, 0.15) is 25.3 Å². The number of methoxy groups -OCH3 is 1. The second-order valence-electron chi connectivity index (χ2n) is 5.86. The normalized spacial score (nSPS) is 25.7. The van der Waals surface area contributed by atoms with Crippen molar-refractivity contribution < 1.29 is 14.3 Å². The van der Waals surface area contributed by atoms with Gasteiger partial charge in [0.2, 0.25) is 17.7 Å². The minimum Gasteiger partial charge on any atom is -0.481 e. The van der Waals surface area contributed by atoms with Gasteiger partial charge in [0.1, 0.15) is 5.54 Å². The van der Waals surface area contributed by atoms with E-state index in [1.165, 1.54) is 0 Å². The average molecular weight is 289 g/mol. The molecule has 1 aliphatic carbocycles. The Morgan fingerprint density at radius 2 is 2.24 bits per heavy atom. The van der Waals surface area contributed by atoms with Crippen molar-refractivity contribution in [1.82, 2.24) is 15.2 Å². The van der Waals surface area contributed by atoms with E-state index in [4.69, 9.17) is 4.74 Å². The Morgan fingerprint density at radius 1 is 1.48 bits per heavy atom. The van der Waals surface area contributed by atoms with Gasteiger partial charge in [-0.15, -0.1) is 0 Å². The number of carbonyl (C=O) groups excluding carboxylic acids is 2. The minimum absolute atomic E-state index is 0.0180. The van der Waals surface area contributed by atoms with Crippen molar-refractivity contribution in [3.63, 3.8) is 0 Å². The predicted molar refractivity (Wildman–Crippen MR) is 75.5 cm³/mol. The van der Waals surface area contributed by atoms with Crippen LogP contribution in [0, 0.1) is 5.92 Å². The van der Waals surface area contributed by atoms with Crippen LogP contribution in [-0.2, 0) is 16.1 Å². The van der Waals surface area contributed by atoms with Crippen molar-refractivity contribution in [1.29, 1.82) is 0 Å². The first kappa shape index (κ1) is 13.9. The molecule has 1 N–H and O–H groups in total. The van der Waals surface area contributed by atoms with Crippen molar-refractivity contribution in [3.05, 3.63) is 23.9 Å². The SMILES string of the molecule is COc1ncccc1CN1CC(=O)NC(C)(C2CC2)C1=O. The molecule has 21 heavy (non-hydrogen) atoms. The number of rotatable bonds is 4. The van der Waals surface area contributed by atoms with E-state index in [1.54, 1.807) is 24.3 Å². The van der Waals surface area contributed by atoms with Gasteiger partial charge in [0, 0.05) is 11.8 Å². The molecule has 1 aliphatic heterocycles. The molecule has 1 atom stereocenters. The highest BCUT2D eigenvalue weighted by Crippen LogP contribution is 2.41.